The van der Waals surface area contributed by atoms with E-state index in [1.807, 2.05) is 60.7 Å². The Hall–Kier alpha value is -4.14. The number of carbonyl (C=O) groups is 1. The lowest BCUT2D eigenvalue weighted by molar-refractivity contribution is -0.138. The zero-order valence-corrected chi connectivity index (χ0v) is 25.4. The van der Waals surface area contributed by atoms with E-state index < -0.39 is 12.0 Å². The van der Waals surface area contributed by atoms with E-state index in [0.717, 1.165) is 16.9 Å². The summed E-state index contributed by atoms with van der Waals surface area (Å²) in [6.07, 6.45) is 1.82. The molecule has 3 aromatic carbocycles. The summed E-state index contributed by atoms with van der Waals surface area (Å²) >= 11 is 7.71. The van der Waals surface area contributed by atoms with Gasteiger partial charge in [0.1, 0.15) is 17.5 Å². The summed E-state index contributed by atoms with van der Waals surface area (Å²) in [5.74, 6) is 1.09. The van der Waals surface area contributed by atoms with Gasteiger partial charge in [-0.2, -0.15) is 0 Å². The second-order valence-corrected chi connectivity index (χ2v) is 11.5. The molecule has 1 aliphatic heterocycles. The van der Waals surface area contributed by atoms with Gasteiger partial charge in [-0.15, -0.1) is 0 Å². The van der Waals surface area contributed by atoms with Crippen LogP contribution in [0.25, 0.3) is 11.8 Å². The Kier molecular flexibility index (Phi) is 8.94. The van der Waals surface area contributed by atoms with Crippen LogP contribution in [0.5, 0.6) is 11.5 Å². The molecule has 1 aromatic heterocycles. The van der Waals surface area contributed by atoms with Crippen LogP contribution in [0.1, 0.15) is 43.5 Å². The fourth-order valence-electron chi connectivity index (χ4n) is 4.73. The van der Waals surface area contributed by atoms with E-state index in [4.69, 9.17) is 30.8 Å². The van der Waals surface area contributed by atoms with Crippen molar-refractivity contribution in [1.82, 2.24) is 4.57 Å². The summed E-state index contributed by atoms with van der Waals surface area (Å²) in [4.78, 5) is 33.1. The Bertz CT molecular complexity index is 1810. The monoisotopic (exact) mass is 602 g/mol. The van der Waals surface area contributed by atoms with Crippen LogP contribution in [-0.2, 0) is 9.53 Å². The largest absolute Gasteiger partial charge is 0.496 e. The number of methoxy groups -OCH3 is 1. The highest BCUT2D eigenvalue weighted by Gasteiger charge is 2.36. The van der Waals surface area contributed by atoms with Crippen molar-refractivity contribution in [1.29, 1.82) is 0 Å². The zero-order valence-electron chi connectivity index (χ0n) is 23.8. The van der Waals surface area contributed by atoms with E-state index in [2.05, 4.69) is 13.8 Å². The molecule has 7 nitrogen and oxygen atoms in total. The van der Waals surface area contributed by atoms with Gasteiger partial charge in [-0.3, -0.25) is 9.36 Å². The number of ether oxygens (including phenoxy) is 3. The van der Waals surface area contributed by atoms with Crippen LogP contribution in [0.3, 0.4) is 0 Å². The molecule has 42 heavy (non-hydrogen) atoms. The normalized spacial score (nSPS) is 14.9. The van der Waals surface area contributed by atoms with Gasteiger partial charge in [-0.1, -0.05) is 79.2 Å². The quantitative estimate of drug-likeness (QED) is 0.232. The number of hydrogen-bond donors (Lipinski definition) is 0. The average Bonchev–Trinajstić information content (AvgIpc) is 3.30. The van der Waals surface area contributed by atoms with Crippen LogP contribution in [0.4, 0.5) is 0 Å². The number of fused-ring (bicyclic) bond motifs is 1. The van der Waals surface area contributed by atoms with Crippen LogP contribution in [-0.4, -0.2) is 30.9 Å². The van der Waals surface area contributed by atoms with Crippen molar-refractivity contribution in [3.8, 4) is 11.5 Å². The van der Waals surface area contributed by atoms with E-state index in [1.165, 1.54) is 23.0 Å². The molecule has 0 saturated carbocycles. The third-order valence-corrected chi connectivity index (χ3v) is 7.84. The Labute approximate surface area is 253 Å². The second-order valence-electron chi connectivity index (χ2n) is 10.1. The summed E-state index contributed by atoms with van der Waals surface area (Å²) < 4.78 is 19.0. The third kappa shape index (κ3) is 6.05. The molecule has 0 amide bonds. The standard InChI is InChI=1S/C33H31ClN2O5S/c1-5-40-32(38)28-29(22-9-7-6-8-10-22)35-33-36(30(28)25-18-23(34)13-16-26(25)39-4)31(37)27(42-33)17-21-11-14-24(15-12-21)41-19-20(2)3/h6-18,20,30H,5,19H2,1-4H3/b27-17-/t30-/m1/s1. The Morgan fingerprint density at radius 3 is 2.50 bits per heavy atom. The molecule has 0 fully saturated rings. The molecular weight excluding hydrogens is 572 g/mol. The first-order valence-corrected chi connectivity index (χ1v) is 14.8. The molecule has 0 bridgehead atoms. The first-order chi connectivity index (χ1) is 20.3. The highest BCUT2D eigenvalue weighted by molar-refractivity contribution is 7.07. The molecule has 216 valence electrons. The number of carbonyl (C=O) groups excluding carboxylic acids is 1. The molecule has 0 N–H and O–H groups in total. The summed E-state index contributed by atoms with van der Waals surface area (Å²) in [6, 6.07) is 21.2. The number of esters is 1. The van der Waals surface area contributed by atoms with Gasteiger partial charge in [-0.25, -0.2) is 9.79 Å². The van der Waals surface area contributed by atoms with Gasteiger partial charge in [0, 0.05) is 16.1 Å². The maximum absolute atomic E-state index is 14.1. The number of hydrogen-bond acceptors (Lipinski definition) is 7. The van der Waals surface area contributed by atoms with Crippen LogP contribution in [0.15, 0.2) is 88.2 Å². The van der Waals surface area contributed by atoms with Gasteiger partial charge < -0.3 is 14.2 Å². The van der Waals surface area contributed by atoms with Crippen LogP contribution >= 0.6 is 22.9 Å². The number of thiazole rings is 1. The van der Waals surface area contributed by atoms with Crippen LogP contribution in [0.2, 0.25) is 5.02 Å². The number of aromatic nitrogens is 1. The van der Waals surface area contributed by atoms with Crippen molar-refractivity contribution < 1.29 is 19.0 Å². The lowest BCUT2D eigenvalue weighted by Gasteiger charge is -2.27. The van der Waals surface area contributed by atoms with Crippen molar-refractivity contribution in [2.75, 3.05) is 20.3 Å². The van der Waals surface area contributed by atoms with Crippen molar-refractivity contribution >= 4 is 40.7 Å². The average molecular weight is 603 g/mol. The Morgan fingerprint density at radius 1 is 1.10 bits per heavy atom. The van der Waals surface area contributed by atoms with Gasteiger partial charge in [0.05, 0.1) is 36.1 Å². The van der Waals surface area contributed by atoms with E-state index in [1.54, 1.807) is 25.1 Å². The van der Waals surface area contributed by atoms with E-state index in [0.29, 0.717) is 43.9 Å². The molecule has 1 atom stereocenters. The van der Waals surface area contributed by atoms with Crippen molar-refractivity contribution in [3.05, 3.63) is 120 Å². The van der Waals surface area contributed by atoms with Gasteiger partial charge in [0.25, 0.3) is 5.56 Å². The number of rotatable bonds is 9. The predicted molar refractivity (Wildman–Crippen MR) is 166 cm³/mol. The first kappa shape index (κ1) is 29.4. The molecule has 5 rings (SSSR count). The smallest absolute Gasteiger partial charge is 0.338 e. The van der Waals surface area contributed by atoms with Crippen LogP contribution < -0.4 is 24.4 Å². The SMILES string of the molecule is CCOC(=O)C1=C(c2ccccc2)N=c2s/c(=C\c3ccc(OCC(C)C)cc3)c(=O)n2[C@@H]1c1cc(Cl)ccc1OC. The van der Waals surface area contributed by atoms with Crippen LogP contribution in [0, 0.1) is 5.92 Å². The predicted octanol–water partition coefficient (Wildman–Crippen LogP) is 5.63. The second kappa shape index (κ2) is 12.8. The lowest BCUT2D eigenvalue weighted by Crippen LogP contribution is -2.40. The van der Waals surface area contributed by atoms with Crippen molar-refractivity contribution in [2.45, 2.75) is 26.8 Å². The highest BCUT2D eigenvalue weighted by atomic mass is 35.5. The minimum absolute atomic E-state index is 0.158. The topological polar surface area (TPSA) is 79.1 Å². The molecular formula is C33H31ClN2O5S. The number of nitrogens with zero attached hydrogens (tertiary/aromatic N) is 2. The number of halogens is 1. The van der Waals surface area contributed by atoms with Gasteiger partial charge in [0.2, 0.25) is 0 Å². The summed E-state index contributed by atoms with van der Waals surface area (Å²) in [5.41, 5.74) is 2.48. The highest BCUT2D eigenvalue weighted by Crippen LogP contribution is 2.39. The van der Waals surface area contributed by atoms with Crippen molar-refractivity contribution in [3.63, 3.8) is 0 Å². The lowest BCUT2D eigenvalue weighted by atomic mass is 9.92. The van der Waals surface area contributed by atoms with E-state index in [-0.39, 0.29) is 17.7 Å². The summed E-state index contributed by atoms with van der Waals surface area (Å²) in [5, 5.41) is 0.439. The molecule has 9 heteroatoms. The Balaban J connectivity index is 1.75. The fourth-order valence-corrected chi connectivity index (χ4v) is 5.91. The zero-order chi connectivity index (χ0) is 29.8. The molecule has 0 unspecified atom stereocenters. The minimum atomic E-state index is -0.891. The first-order valence-electron chi connectivity index (χ1n) is 13.7. The number of benzene rings is 3. The molecule has 0 radical (unpaired) electrons. The molecule has 4 aromatic rings. The van der Waals surface area contributed by atoms with Crippen molar-refractivity contribution in [2.24, 2.45) is 10.9 Å². The molecule has 0 spiro atoms. The maximum Gasteiger partial charge on any atom is 0.338 e. The van der Waals surface area contributed by atoms with E-state index >= 15 is 0 Å². The molecule has 2 heterocycles. The Morgan fingerprint density at radius 2 is 1.83 bits per heavy atom. The fraction of sp³-hybridized carbons (Fsp3) is 0.242. The van der Waals surface area contributed by atoms with Gasteiger partial charge in [0.15, 0.2) is 4.80 Å². The maximum atomic E-state index is 14.1. The molecule has 0 aliphatic carbocycles. The van der Waals surface area contributed by atoms with Gasteiger partial charge >= 0.3 is 5.97 Å². The molecule has 0 saturated heterocycles. The van der Waals surface area contributed by atoms with Gasteiger partial charge in [-0.05, 0) is 54.8 Å². The molecule has 1 aliphatic rings. The third-order valence-electron chi connectivity index (χ3n) is 6.62. The summed E-state index contributed by atoms with van der Waals surface area (Å²) in [7, 11) is 1.54. The minimum Gasteiger partial charge on any atom is -0.496 e. The van der Waals surface area contributed by atoms with E-state index in [9.17, 15) is 9.59 Å². The summed E-state index contributed by atoms with van der Waals surface area (Å²) in [6.45, 7) is 6.71.